The number of fused-ring (bicyclic) bond motifs is 1. The maximum absolute atomic E-state index is 12.9. The Hall–Kier alpha value is -2.94. The molecule has 0 aliphatic rings. The first-order chi connectivity index (χ1) is 14.8. The maximum Gasteiger partial charge on any atom is 0.278 e. The molecule has 0 aliphatic heterocycles. The van der Waals surface area contributed by atoms with Crippen LogP contribution < -0.4 is 20.3 Å². The maximum atomic E-state index is 12.9. The van der Waals surface area contributed by atoms with Crippen LogP contribution in [0, 0.1) is 12.8 Å². The number of carbonyl (C=O) groups is 1. The van der Waals surface area contributed by atoms with Crippen LogP contribution in [0.2, 0.25) is 0 Å². The Morgan fingerprint density at radius 2 is 2.06 bits per heavy atom. The normalized spacial score (nSPS) is 11.2. The lowest BCUT2D eigenvalue weighted by Crippen LogP contribution is -2.28. The van der Waals surface area contributed by atoms with Crippen LogP contribution in [-0.4, -0.2) is 40.4 Å². The number of aromatic amines is 1. The molecule has 0 fully saturated rings. The van der Waals surface area contributed by atoms with Crippen molar-refractivity contribution in [1.82, 2.24) is 19.9 Å². The van der Waals surface area contributed by atoms with E-state index in [1.807, 2.05) is 39.0 Å². The van der Waals surface area contributed by atoms with Crippen molar-refractivity contribution < 1.29 is 14.3 Å². The van der Waals surface area contributed by atoms with Crippen LogP contribution >= 0.6 is 11.8 Å². The summed E-state index contributed by atoms with van der Waals surface area (Å²) in [6.07, 6.45) is 0. The molecule has 0 bridgehead atoms. The number of H-pyrrole nitrogens is 1. The van der Waals surface area contributed by atoms with Gasteiger partial charge in [-0.25, -0.2) is 4.98 Å². The minimum absolute atomic E-state index is 0.115. The molecule has 1 aromatic carbocycles. The van der Waals surface area contributed by atoms with E-state index in [1.54, 1.807) is 24.9 Å². The van der Waals surface area contributed by atoms with Gasteiger partial charge in [0.2, 0.25) is 5.91 Å². The molecule has 2 aromatic heterocycles. The van der Waals surface area contributed by atoms with Crippen LogP contribution in [0.5, 0.6) is 11.5 Å². The second-order valence-electron chi connectivity index (χ2n) is 7.63. The summed E-state index contributed by atoms with van der Waals surface area (Å²) in [5.41, 5.74) is 2.70. The van der Waals surface area contributed by atoms with Crippen molar-refractivity contribution in [2.75, 3.05) is 20.0 Å². The third kappa shape index (κ3) is 5.22. The second-order valence-corrected chi connectivity index (χ2v) is 8.58. The molecule has 0 spiro atoms. The van der Waals surface area contributed by atoms with E-state index in [9.17, 15) is 9.59 Å². The Balaban J connectivity index is 1.73. The number of aryl methyl sites for hydroxylation is 1. The van der Waals surface area contributed by atoms with E-state index in [4.69, 9.17) is 9.47 Å². The molecule has 1 amide bonds. The van der Waals surface area contributed by atoms with Gasteiger partial charge in [-0.3, -0.25) is 14.2 Å². The molecule has 3 aromatic rings. The van der Waals surface area contributed by atoms with Gasteiger partial charge in [-0.15, -0.1) is 0 Å². The van der Waals surface area contributed by atoms with Crippen molar-refractivity contribution in [2.45, 2.75) is 39.0 Å². The number of rotatable bonds is 9. The number of benzene rings is 1. The van der Waals surface area contributed by atoms with Crippen LogP contribution in [0.1, 0.15) is 25.1 Å². The number of hydrogen-bond donors (Lipinski definition) is 2. The average molecular weight is 445 g/mol. The summed E-state index contributed by atoms with van der Waals surface area (Å²) in [5, 5.41) is 3.44. The third-order valence-electron chi connectivity index (χ3n) is 4.68. The molecule has 0 radical (unpaired) electrons. The molecule has 0 atom stereocenters. The number of carbonyl (C=O) groups excluding carboxylic acids is 1. The van der Waals surface area contributed by atoms with E-state index in [0.717, 1.165) is 11.3 Å². The molecular weight excluding hydrogens is 416 g/mol. The molecule has 0 saturated heterocycles. The van der Waals surface area contributed by atoms with E-state index in [1.165, 1.54) is 11.8 Å². The summed E-state index contributed by atoms with van der Waals surface area (Å²) in [7, 11) is 3.14. The van der Waals surface area contributed by atoms with Gasteiger partial charge >= 0.3 is 0 Å². The zero-order chi connectivity index (χ0) is 22.5. The quantitative estimate of drug-likeness (QED) is 0.389. The topological polar surface area (TPSA) is 98.2 Å². The minimum atomic E-state index is -0.162. The van der Waals surface area contributed by atoms with Gasteiger partial charge < -0.3 is 19.8 Å². The Morgan fingerprint density at radius 1 is 1.29 bits per heavy atom. The summed E-state index contributed by atoms with van der Waals surface area (Å²) >= 11 is 1.26. The lowest BCUT2D eigenvalue weighted by Gasteiger charge is -2.14. The van der Waals surface area contributed by atoms with Gasteiger partial charge in [0.1, 0.15) is 5.52 Å². The van der Waals surface area contributed by atoms with Crippen LogP contribution in [0.25, 0.3) is 11.0 Å². The van der Waals surface area contributed by atoms with Crippen molar-refractivity contribution in [3.8, 4) is 11.5 Å². The first-order valence-corrected chi connectivity index (χ1v) is 11.0. The summed E-state index contributed by atoms with van der Waals surface area (Å²) in [5.74, 6) is 1.46. The second kappa shape index (κ2) is 9.91. The smallest absolute Gasteiger partial charge is 0.278 e. The fraction of sp³-hybridized carbons (Fsp3) is 0.409. The monoisotopic (exact) mass is 444 g/mol. The van der Waals surface area contributed by atoms with Gasteiger partial charge in [-0.05, 0) is 25.0 Å². The van der Waals surface area contributed by atoms with E-state index < -0.39 is 0 Å². The van der Waals surface area contributed by atoms with Crippen molar-refractivity contribution in [2.24, 2.45) is 5.92 Å². The molecule has 0 aliphatic carbocycles. The van der Waals surface area contributed by atoms with Crippen molar-refractivity contribution in [3.63, 3.8) is 0 Å². The lowest BCUT2D eigenvalue weighted by atomic mass is 10.2. The molecule has 8 nitrogen and oxygen atoms in total. The SMILES string of the molecule is COc1cccc(CNC(=O)CSc2nc3cc(C)[nH]c3c(=O)n2CC(C)C)c1OC. The first-order valence-electron chi connectivity index (χ1n) is 10.0. The van der Waals surface area contributed by atoms with Gasteiger partial charge in [0.05, 0.1) is 25.5 Å². The largest absolute Gasteiger partial charge is 0.493 e. The summed E-state index contributed by atoms with van der Waals surface area (Å²) < 4.78 is 12.3. The number of methoxy groups -OCH3 is 2. The molecular formula is C22H28N4O4S. The van der Waals surface area contributed by atoms with Crippen molar-refractivity contribution in [3.05, 3.63) is 45.9 Å². The lowest BCUT2D eigenvalue weighted by molar-refractivity contribution is -0.118. The van der Waals surface area contributed by atoms with Gasteiger partial charge in [-0.2, -0.15) is 0 Å². The Labute approximate surface area is 185 Å². The third-order valence-corrected chi connectivity index (χ3v) is 5.65. The van der Waals surface area contributed by atoms with E-state index in [0.29, 0.717) is 40.8 Å². The molecule has 2 N–H and O–H groups in total. The number of hydrogen-bond acceptors (Lipinski definition) is 6. The van der Waals surface area contributed by atoms with Crippen molar-refractivity contribution in [1.29, 1.82) is 0 Å². The Morgan fingerprint density at radius 3 is 2.74 bits per heavy atom. The van der Waals surface area contributed by atoms with Crippen LogP contribution in [-0.2, 0) is 17.9 Å². The zero-order valence-corrected chi connectivity index (χ0v) is 19.3. The van der Waals surface area contributed by atoms with Gasteiger partial charge in [0.25, 0.3) is 5.56 Å². The highest BCUT2D eigenvalue weighted by atomic mass is 32.2. The number of para-hydroxylation sites is 1. The van der Waals surface area contributed by atoms with E-state index >= 15 is 0 Å². The van der Waals surface area contributed by atoms with E-state index in [-0.39, 0.29) is 23.1 Å². The fourth-order valence-corrected chi connectivity index (χ4v) is 4.15. The predicted octanol–water partition coefficient (Wildman–Crippen LogP) is 3.11. The molecule has 3 rings (SSSR count). The summed E-state index contributed by atoms with van der Waals surface area (Å²) in [6, 6.07) is 7.37. The number of thioether (sulfide) groups is 1. The first kappa shape index (κ1) is 22.7. The highest BCUT2D eigenvalue weighted by Crippen LogP contribution is 2.30. The molecule has 166 valence electrons. The summed E-state index contributed by atoms with van der Waals surface area (Å²) in [6.45, 7) is 6.81. The van der Waals surface area contributed by atoms with Gasteiger partial charge in [0.15, 0.2) is 16.7 Å². The number of aromatic nitrogens is 3. The Kier molecular flexibility index (Phi) is 7.27. The molecule has 31 heavy (non-hydrogen) atoms. The molecule has 2 heterocycles. The Bertz CT molecular complexity index is 1140. The zero-order valence-electron chi connectivity index (χ0n) is 18.4. The van der Waals surface area contributed by atoms with E-state index in [2.05, 4.69) is 15.3 Å². The van der Waals surface area contributed by atoms with Gasteiger partial charge in [0, 0.05) is 24.3 Å². The fourth-order valence-electron chi connectivity index (χ4n) is 3.32. The molecule has 0 unspecified atom stereocenters. The highest BCUT2D eigenvalue weighted by Gasteiger charge is 2.16. The average Bonchev–Trinajstić information content (AvgIpc) is 3.12. The van der Waals surface area contributed by atoms with Crippen LogP contribution in [0.15, 0.2) is 34.2 Å². The summed E-state index contributed by atoms with van der Waals surface area (Å²) in [4.78, 5) is 33.2. The molecule has 9 heteroatoms. The number of nitrogens with zero attached hydrogens (tertiary/aromatic N) is 2. The van der Waals surface area contributed by atoms with Crippen molar-refractivity contribution >= 4 is 28.7 Å². The number of amides is 1. The minimum Gasteiger partial charge on any atom is -0.493 e. The molecule has 0 saturated carbocycles. The highest BCUT2D eigenvalue weighted by molar-refractivity contribution is 7.99. The van der Waals surface area contributed by atoms with Crippen LogP contribution in [0.4, 0.5) is 0 Å². The predicted molar refractivity (Wildman–Crippen MR) is 122 cm³/mol. The van der Waals surface area contributed by atoms with Crippen LogP contribution in [0.3, 0.4) is 0 Å². The van der Waals surface area contributed by atoms with Gasteiger partial charge in [-0.1, -0.05) is 37.7 Å². The number of ether oxygens (including phenoxy) is 2. The number of nitrogens with one attached hydrogen (secondary N) is 2. The standard InChI is InChI=1S/C22H28N4O4S/c1-13(2)11-26-21(28)19-16(9-14(3)24-19)25-22(26)31-12-18(27)23-10-15-7-6-8-17(29-4)20(15)30-5/h6-9,13,24H,10-12H2,1-5H3,(H,23,27).